The fourth-order valence-corrected chi connectivity index (χ4v) is 2.08. The average molecular weight is 269 g/mol. The van der Waals surface area contributed by atoms with Gasteiger partial charge in [0.05, 0.1) is 18.9 Å². The third-order valence-corrected chi connectivity index (χ3v) is 3.31. The normalized spacial score (nSPS) is 11.9. The highest BCUT2D eigenvalue weighted by Crippen LogP contribution is 2.20. The van der Waals surface area contributed by atoms with E-state index < -0.39 is 6.10 Å². The van der Waals surface area contributed by atoms with Gasteiger partial charge in [-0.3, -0.25) is 5.41 Å². The molecule has 0 aliphatic carbocycles. The van der Waals surface area contributed by atoms with E-state index in [2.05, 4.69) is 0 Å². The minimum Gasteiger partial charge on any atom is -0.497 e. The zero-order chi connectivity index (χ0) is 14.5. The summed E-state index contributed by atoms with van der Waals surface area (Å²) in [5.74, 6) is 0.733. The molecule has 0 amide bonds. The number of methoxy groups -OCH3 is 1. The average Bonchev–Trinajstić information content (AvgIpc) is 2.53. The summed E-state index contributed by atoms with van der Waals surface area (Å²) in [7, 11) is 1.61. The van der Waals surface area contributed by atoms with Crippen LogP contribution in [0.25, 0.3) is 0 Å². The summed E-state index contributed by atoms with van der Waals surface area (Å²) in [5.41, 5.74) is 2.86. The van der Waals surface area contributed by atoms with E-state index in [9.17, 15) is 5.11 Å². The van der Waals surface area contributed by atoms with Crippen LogP contribution in [0.15, 0.2) is 48.5 Å². The highest BCUT2D eigenvalue weighted by molar-refractivity contribution is 6.11. The summed E-state index contributed by atoms with van der Waals surface area (Å²) in [6, 6.07) is 15.0. The summed E-state index contributed by atoms with van der Waals surface area (Å²) < 4.78 is 5.18. The molecule has 0 radical (unpaired) electrons. The predicted octanol–water partition coefficient (Wildman–Crippen LogP) is 3.55. The standard InChI is InChI=1S/C17H19NO2/c1-3-16(19)12-6-4-7-13(10-12)17(18)14-8-5-9-15(11-14)20-2/h4-11,16,18-19H,3H2,1-2H3. The van der Waals surface area contributed by atoms with E-state index >= 15 is 0 Å². The van der Waals surface area contributed by atoms with Gasteiger partial charge < -0.3 is 9.84 Å². The van der Waals surface area contributed by atoms with Gasteiger partial charge in [-0.05, 0) is 30.2 Å². The van der Waals surface area contributed by atoms with Crippen molar-refractivity contribution in [2.45, 2.75) is 19.4 Å². The van der Waals surface area contributed by atoms with E-state index in [0.29, 0.717) is 12.1 Å². The first kappa shape index (κ1) is 14.3. The van der Waals surface area contributed by atoms with Crippen molar-refractivity contribution in [1.29, 1.82) is 5.41 Å². The van der Waals surface area contributed by atoms with Crippen LogP contribution in [0, 0.1) is 5.41 Å². The smallest absolute Gasteiger partial charge is 0.119 e. The Morgan fingerprint density at radius 2 is 1.80 bits per heavy atom. The fraction of sp³-hybridized carbons (Fsp3) is 0.235. The van der Waals surface area contributed by atoms with Crippen LogP contribution in [0.5, 0.6) is 5.75 Å². The van der Waals surface area contributed by atoms with Crippen LogP contribution in [-0.4, -0.2) is 17.9 Å². The van der Waals surface area contributed by atoms with Crippen molar-refractivity contribution >= 4 is 5.71 Å². The Bertz CT molecular complexity index is 607. The number of benzene rings is 2. The van der Waals surface area contributed by atoms with Crippen LogP contribution in [0.1, 0.15) is 36.1 Å². The van der Waals surface area contributed by atoms with E-state index in [1.807, 2.05) is 55.5 Å². The van der Waals surface area contributed by atoms with Crippen molar-refractivity contribution in [1.82, 2.24) is 0 Å². The number of hydrogen-bond donors (Lipinski definition) is 2. The maximum absolute atomic E-state index is 9.90. The van der Waals surface area contributed by atoms with E-state index in [1.165, 1.54) is 0 Å². The van der Waals surface area contributed by atoms with Crippen molar-refractivity contribution in [2.75, 3.05) is 7.11 Å². The second-order valence-corrected chi connectivity index (χ2v) is 4.66. The molecule has 1 unspecified atom stereocenters. The van der Waals surface area contributed by atoms with Gasteiger partial charge in [0.1, 0.15) is 5.75 Å². The summed E-state index contributed by atoms with van der Waals surface area (Å²) in [6.07, 6.45) is 0.184. The zero-order valence-electron chi connectivity index (χ0n) is 11.8. The number of hydrogen-bond acceptors (Lipinski definition) is 3. The SMILES string of the molecule is CCC(O)c1cccc(C(=N)c2cccc(OC)c2)c1. The van der Waals surface area contributed by atoms with Gasteiger partial charge in [-0.1, -0.05) is 37.3 Å². The van der Waals surface area contributed by atoms with Crippen molar-refractivity contribution in [3.8, 4) is 5.75 Å². The lowest BCUT2D eigenvalue weighted by Gasteiger charge is -2.11. The van der Waals surface area contributed by atoms with Gasteiger partial charge in [0.2, 0.25) is 0 Å². The van der Waals surface area contributed by atoms with Gasteiger partial charge in [0, 0.05) is 11.1 Å². The van der Waals surface area contributed by atoms with Crippen molar-refractivity contribution in [3.63, 3.8) is 0 Å². The Labute approximate surface area is 119 Å². The lowest BCUT2D eigenvalue weighted by molar-refractivity contribution is 0.173. The number of ether oxygens (including phenoxy) is 1. The van der Waals surface area contributed by atoms with Crippen LogP contribution >= 0.6 is 0 Å². The van der Waals surface area contributed by atoms with Gasteiger partial charge in [0.15, 0.2) is 0 Å². The molecule has 0 aromatic heterocycles. The molecule has 0 saturated heterocycles. The molecule has 0 bridgehead atoms. The van der Waals surface area contributed by atoms with E-state index in [0.717, 1.165) is 22.4 Å². The molecule has 0 saturated carbocycles. The summed E-state index contributed by atoms with van der Waals surface area (Å²) in [4.78, 5) is 0. The summed E-state index contributed by atoms with van der Waals surface area (Å²) >= 11 is 0. The predicted molar refractivity (Wildman–Crippen MR) is 80.6 cm³/mol. The molecule has 0 spiro atoms. The molecule has 20 heavy (non-hydrogen) atoms. The molecule has 0 fully saturated rings. The largest absolute Gasteiger partial charge is 0.497 e. The third kappa shape index (κ3) is 3.06. The second kappa shape index (κ2) is 6.35. The maximum atomic E-state index is 9.90. The Balaban J connectivity index is 2.33. The first-order valence-electron chi connectivity index (χ1n) is 6.67. The van der Waals surface area contributed by atoms with Crippen LogP contribution in [-0.2, 0) is 0 Å². The molecule has 0 aliphatic rings. The van der Waals surface area contributed by atoms with Crippen molar-refractivity contribution < 1.29 is 9.84 Å². The van der Waals surface area contributed by atoms with E-state index in [4.69, 9.17) is 10.1 Å². The molecule has 2 rings (SSSR count). The molecule has 0 heterocycles. The third-order valence-electron chi connectivity index (χ3n) is 3.31. The Hall–Kier alpha value is -2.13. The van der Waals surface area contributed by atoms with Gasteiger partial charge in [-0.2, -0.15) is 0 Å². The molecule has 3 heteroatoms. The van der Waals surface area contributed by atoms with Crippen LogP contribution in [0.3, 0.4) is 0 Å². The molecule has 1 atom stereocenters. The summed E-state index contributed by atoms with van der Waals surface area (Å²) in [6.45, 7) is 1.94. The fourth-order valence-electron chi connectivity index (χ4n) is 2.08. The zero-order valence-corrected chi connectivity index (χ0v) is 11.8. The Morgan fingerprint density at radius 1 is 1.15 bits per heavy atom. The Kier molecular flexibility index (Phi) is 4.53. The van der Waals surface area contributed by atoms with Gasteiger partial charge >= 0.3 is 0 Å². The molecular weight excluding hydrogens is 250 g/mol. The Morgan fingerprint density at radius 3 is 2.45 bits per heavy atom. The molecule has 104 valence electrons. The van der Waals surface area contributed by atoms with Gasteiger partial charge in [0.25, 0.3) is 0 Å². The maximum Gasteiger partial charge on any atom is 0.119 e. The van der Waals surface area contributed by atoms with Crippen LogP contribution < -0.4 is 4.74 Å². The molecule has 2 aromatic carbocycles. The highest BCUT2D eigenvalue weighted by atomic mass is 16.5. The van der Waals surface area contributed by atoms with Crippen molar-refractivity contribution in [2.24, 2.45) is 0 Å². The number of aliphatic hydroxyl groups is 1. The second-order valence-electron chi connectivity index (χ2n) is 4.66. The molecule has 2 aromatic rings. The first-order chi connectivity index (χ1) is 9.65. The molecule has 0 aliphatic heterocycles. The minimum atomic E-state index is -0.479. The lowest BCUT2D eigenvalue weighted by Crippen LogP contribution is -2.04. The molecule has 3 nitrogen and oxygen atoms in total. The number of nitrogens with one attached hydrogen (secondary N) is 1. The van der Waals surface area contributed by atoms with E-state index in [1.54, 1.807) is 7.11 Å². The minimum absolute atomic E-state index is 0.425. The van der Waals surface area contributed by atoms with Crippen LogP contribution in [0.4, 0.5) is 0 Å². The number of rotatable bonds is 5. The topological polar surface area (TPSA) is 53.3 Å². The van der Waals surface area contributed by atoms with E-state index in [-0.39, 0.29) is 0 Å². The van der Waals surface area contributed by atoms with Crippen LogP contribution in [0.2, 0.25) is 0 Å². The first-order valence-corrected chi connectivity index (χ1v) is 6.67. The monoisotopic (exact) mass is 269 g/mol. The highest BCUT2D eigenvalue weighted by Gasteiger charge is 2.09. The number of aliphatic hydroxyl groups excluding tert-OH is 1. The summed E-state index contributed by atoms with van der Waals surface area (Å²) in [5, 5.41) is 18.2. The molecular formula is C17H19NO2. The van der Waals surface area contributed by atoms with Gasteiger partial charge in [-0.15, -0.1) is 0 Å². The molecule has 2 N–H and O–H groups in total. The van der Waals surface area contributed by atoms with Crippen molar-refractivity contribution in [3.05, 3.63) is 65.2 Å². The van der Waals surface area contributed by atoms with Gasteiger partial charge in [-0.25, -0.2) is 0 Å². The lowest BCUT2D eigenvalue weighted by atomic mass is 9.98. The quantitative estimate of drug-likeness (QED) is 0.815.